The fourth-order valence-corrected chi connectivity index (χ4v) is 5.38. The zero-order valence-corrected chi connectivity index (χ0v) is 13.5. The second-order valence-corrected chi connectivity index (χ2v) is 7.75. The zero-order valence-electron chi connectivity index (χ0n) is 13.5. The maximum atomic E-state index is 12.4. The van der Waals surface area contributed by atoms with Crippen molar-refractivity contribution in [2.75, 3.05) is 12.4 Å². The molecule has 1 amide bonds. The minimum absolute atomic E-state index is 0.121. The van der Waals surface area contributed by atoms with Crippen LogP contribution in [0.4, 0.5) is 10.5 Å². The molecular weight excluding hydrogens is 292 g/mol. The maximum Gasteiger partial charge on any atom is 0.412 e. The number of carbonyl (C=O) groups excluding carboxylic acids is 1. The van der Waals surface area contributed by atoms with Crippen LogP contribution < -0.4 is 15.8 Å². The van der Waals surface area contributed by atoms with E-state index in [1.807, 2.05) is 24.3 Å². The number of carbonyl (C=O) groups is 1. The quantitative estimate of drug-likeness (QED) is 0.897. The van der Waals surface area contributed by atoms with Gasteiger partial charge in [0.25, 0.3) is 0 Å². The molecule has 4 aliphatic rings. The molecule has 5 heteroatoms. The second kappa shape index (κ2) is 5.13. The molecule has 4 aliphatic carbocycles. The minimum Gasteiger partial charge on any atom is -0.497 e. The van der Waals surface area contributed by atoms with Gasteiger partial charge in [-0.3, -0.25) is 5.32 Å². The van der Waals surface area contributed by atoms with Crippen molar-refractivity contribution < 1.29 is 14.3 Å². The molecule has 23 heavy (non-hydrogen) atoms. The van der Waals surface area contributed by atoms with E-state index in [1.165, 1.54) is 6.42 Å². The van der Waals surface area contributed by atoms with E-state index in [0.29, 0.717) is 17.5 Å². The SMILES string of the molecule is COc1ccc(NC(=O)OC23C[C@@H]4C[C@@H](CC(N)(C4)C2)C3)cc1. The van der Waals surface area contributed by atoms with E-state index in [0.717, 1.165) is 37.9 Å². The van der Waals surface area contributed by atoms with Crippen molar-refractivity contribution >= 4 is 11.8 Å². The summed E-state index contributed by atoms with van der Waals surface area (Å²) in [6.45, 7) is 0. The molecule has 1 aromatic rings. The molecule has 0 saturated heterocycles. The normalized spacial score (nSPS) is 37.5. The molecule has 4 fully saturated rings. The number of benzene rings is 1. The third kappa shape index (κ3) is 2.78. The van der Waals surface area contributed by atoms with Crippen LogP contribution in [0, 0.1) is 11.8 Å². The molecule has 0 heterocycles. The number of nitrogens with two attached hydrogens (primary N) is 1. The van der Waals surface area contributed by atoms with Gasteiger partial charge < -0.3 is 15.2 Å². The number of hydrogen-bond acceptors (Lipinski definition) is 4. The highest BCUT2D eigenvalue weighted by atomic mass is 16.6. The first-order chi connectivity index (χ1) is 11.0. The van der Waals surface area contributed by atoms with Gasteiger partial charge in [-0.1, -0.05) is 0 Å². The Bertz CT molecular complexity index is 599. The second-order valence-electron chi connectivity index (χ2n) is 7.75. The number of nitrogens with one attached hydrogen (secondary N) is 1. The summed E-state index contributed by atoms with van der Waals surface area (Å²) < 4.78 is 11.0. The van der Waals surface area contributed by atoms with Crippen LogP contribution in [0.2, 0.25) is 0 Å². The molecule has 0 aliphatic heterocycles. The molecule has 0 radical (unpaired) electrons. The predicted octanol–water partition coefficient (Wildman–Crippen LogP) is 3.29. The van der Waals surface area contributed by atoms with Gasteiger partial charge in [0, 0.05) is 17.6 Å². The fourth-order valence-electron chi connectivity index (χ4n) is 5.38. The van der Waals surface area contributed by atoms with Gasteiger partial charge in [0.05, 0.1) is 7.11 Å². The van der Waals surface area contributed by atoms with Gasteiger partial charge in [0.2, 0.25) is 0 Å². The van der Waals surface area contributed by atoms with Gasteiger partial charge in [0.15, 0.2) is 0 Å². The fraction of sp³-hybridized carbons (Fsp3) is 0.611. The molecule has 5 rings (SSSR count). The molecular formula is C18H24N2O3. The molecule has 2 unspecified atom stereocenters. The van der Waals surface area contributed by atoms with Crippen molar-refractivity contribution in [3.05, 3.63) is 24.3 Å². The Kier molecular flexibility index (Phi) is 3.30. The van der Waals surface area contributed by atoms with E-state index in [4.69, 9.17) is 15.2 Å². The largest absolute Gasteiger partial charge is 0.497 e. The lowest BCUT2D eigenvalue weighted by Crippen LogP contribution is -2.64. The molecule has 124 valence electrons. The van der Waals surface area contributed by atoms with E-state index < -0.39 is 0 Å². The topological polar surface area (TPSA) is 73.6 Å². The van der Waals surface area contributed by atoms with Crippen molar-refractivity contribution in [3.63, 3.8) is 0 Å². The molecule has 1 aromatic carbocycles. The van der Waals surface area contributed by atoms with Crippen molar-refractivity contribution in [2.45, 2.75) is 49.7 Å². The summed E-state index contributed by atoms with van der Waals surface area (Å²) in [7, 11) is 1.62. The maximum absolute atomic E-state index is 12.4. The van der Waals surface area contributed by atoms with Crippen molar-refractivity contribution in [3.8, 4) is 5.75 Å². The van der Waals surface area contributed by atoms with Gasteiger partial charge >= 0.3 is 6.09 Å². The van der Waals surface area contributed by atoms with Crippen LogP contribution in [0.1, 0.15) is 38.5 Å². The lowest BCUT2D eigenvalue weighted by molar-refractivity contribution is -0.132. The highest BCUT2D eigenvalue weighted by Gasteiger charge is 2.58. The third-order valence-electron chi connectivity index (χ3n) is 5.70. The Morgan fingerprint density at radius 1 is 1.17 bits per heavy atom. The molecule has 4 bridgehead atoms. The Morgan fingerprint density at radius 2 is 1.83 bits per heavy atom. The molecule has 4 atom stereocenters. The molecule has 0 aromatic heterocycles. The average Bonchev–Trinajstić information content (AvgIpc) is 2.44. The average molecular weight is 316 g/mol. The van der Waals surface area contributed by atoms with Crippen molar-refractivity contribution in [1.29, 1.82) is 0 Å². The molecule has 4 saturated carbocycles. The lowest BCUT2D eigenvalue weighted by Gasteiger charge is -2.59. The van der Waals surface area contributed by atoms with Crippen LogP contribution in [0.15, 0.2) is 24.3 Å². The summed E-state index contributed by atoms with van der Waals surface area (Å²) >= 11 is 0. The Labute approximate surface area is 136 Å². The Balaban J connectivity index is 1.44. The van der Waals surface area contributed by atoms with Crippen molar-refractivity contribution in [2.24, 2.45) is 17.6 Å². The first-order valence-corrected chi connectivity index (χ1v) is 8.41. The summed E-state index contributed by atoms with van der Waals surface area (Å²) in [6.07, 6.45) is 5.81. The van der Waals surface area contributed by atoms with Gasteiger partial charge in [-0.25, -0.2) is 4.79 Å². The van der Waals surface area contributed by atoms with Gasteiger partial charge in [0.1, 0.15) is 11.4 Å². The summed E-state index contributed by atoms with van der Waals surface area (Å²) in [6, 6.07) is 7.25. The van der Waals surface area contributed by atoms with Crippen molar-refractivity contribution in [1.82, 2.24) is 0 Å². The molecule has 3 N–H and O–H groups in total. The smallest absolute Gasteiger partial charge is 0.412 e. The number of anilines is 1. The number of rotatable bonds is 3. The molecule has 5 nitrogen and oxygen atoms in total. The monoisotopic (exact) mass is 316 g/mol. The number of methoxy groups -OCH3 is 1. The predicted molar refractivity (Wildman–Crippen MR) is 87.4 cm³/mol. The van der Waals surface area contributed by atoms with E-state index in [9.17, 15) is 4.79 Å². The highest BCUT2D eigenvalue weighted by molar-refractivity contribution is 5.85. The van der Waals surface area contributed by atoms with E-state index in [2.05, 4.69) is 5.32 Å². The van der Waals surface area contributed by atoms with Crippen LogP contribution >= 0.6 is 0 Å². The Morgan fingerprint density at radius 3 is 2.39 bits per heavy atom. The van der Waals surface area contributed by atoms with Gasteiger partial charge in [-0.2, -0.15) is 0 Å². The van der Waals surface area contributed by atoms with Gasteiger partial charge in [-0.15, -0.1) is 0 Å². The van der Waals surface area contributed by atoms with E-state index >= 15 is 0 Å². The Hall–Kier alpha value is -1.75. The van der Waals surface area contributed by atoms with Crippen LogP contribution in [0.3, 0.4) is 0 Å². The van der Waals surface area contributed by atoms with Crippen LogP contribution in [0.5, 0.6) is 5.75 Å². The summed E-state index contributed by atoms with van der Waals surface area (Å²) in [5.41, 5.74) is 6.78. The summed E-state index contributed by atoms with van der Waals surface area (Å²) in [5, 5.41) is 2.82. The number of hydrogen-bond donors (Lipinski definition) is 2. The first-order valence-electron chi connectivity index (χ1n) is 8.41. The highest BCUT2D eigenvalue weighted by Crippen LogP contribution is 2.58. The standard InChI is InChI=1S/C18H24N2O3/c1-22-15-4-2-14(3-5-15)20-16(21)23-18-9-12-6-13(10-18)8-17(19,7-12)11-18/h2-5,12-13H,6-11,19H2,1H3,(H,20,21)/t12-,13+,17?,18?. The molecule has 0 spiro atoms. The summed E-state index contributed by atoms with van der Waals surface area (Å²) in [5.74, 6) is 2.00. The third-order valence-corrected chi connectivity index (χ3v) is 5.70. The van der Waals surface area contributed by atoms with Crippen LogP contribution in [0.25, 0.3) is 0 Å². The van der Waals surface area contributed by atoms with E-state index in [1.54, 1.807) is 7.11 Å². The van der Waals surface area contributed by atoms with Gasteiger partial charge in [-0.05, 0) is 68.2 Å². The number of ether oxygens (including phenoxy) is 2. The lowest BCUT2D eigenvalue weighted by atomic mass is 9.51. The van der Waals surface area contributed by atoms with Crippen LogP contribution in [-0.4, -0.2) is 24.3 Å². The zero-order chi connectivity index (χ0) is 16.1. The summed E-state index contributed by atoms with van der Waals surface area (Å²) in [4.78, 5) is 12.4. The minimum atomic E-state index is -0.374. The van der Waals surface area contributed by atoms with Crippen LogP contribution in [-0.2, 0) is 4.74 Å². The first kappa shape index (κ1) is 14.8. The van der Waals surface area contributed by atoms with E-state index in [-0.39, 0.29) is 17.2 Å². The number of amides is 1.